The van der Waals surface area contributed by atoms with Crippen LogP contribution < -0.4 is 5.32 Å². The maximum absolute atomic E-state index is 11.5. The molecule has 3 nitrogen and oxygen atoms in total. The fraction of sp³-hybridized carbons (Fsp3) is 0.0714. The van der Waals surface area contributed by atoms with Gasteiger partial charge in [-0.1, -0.05) is 29.3 Å². The van der Waals surface area contributed by atoms with Crippen molar-refractivity contribution in [2.45, 2.75) is 6.04 Å². The topological polar surface area (TPSA) is 49.3 Å². The predicted molar refractivity (Wildman–Crippen MR) is 92.3 cm³/mol. The molecule has 1 atom stereocenters. The Kier molecular flexibility index (Phi) is 5.54. The molecule has 2 N–H and O–H groups in total. The molecule has 0 aromatic heterocycles. The zero-order chi connectivity index (χ0) is 15.6. The molecule has 0 aliphatic heterocycles. The van der Waals surface area contributed by atoms with Gasteiger partial charge in [0.15, 0.2) is 6.04 Å². The van der Waals surface area contributed by atoms with E-state index in [4.69, 9.17) is 23.2 Å². The van der Waals surface area contributed by atoms with Crippen molar-refractivity contribution >= 4 is 66.7 Å². The van der Waals surface area contributed by atoms with Crippen molar-refractivity contribution in [3.05, 3.63) is 61.0 Å². The van der Waals surface area contributed by atoms with E-state index in [1.807, 2.05) is 0 Å². The van der Waals surface area contributed by atoms with E-state index >= 15 is 0 Å². The third-order valence-corrected chi connectivity index (χ3v) is 5.18. The number of carbonyl (C=O) groups is 1. The smallest absolute Gasteiger partial charge is 0.330 e. The molecule has 0 fully saturated rings. The fourth-order valence-corrected chi connectivity index (χ4v) is 2.74. The monoisotopic (exact) mass is 451 g/mol. The summed E-state index contributed by atoms with van der Waals surface area (Å²) in [5, 5.41) is 13.5. The first kappa shape index (κ1) is 16.6. The minimum absolute atomic E-state index is 0.525. The molecule has 0 radical (unpaired) electrons. The lowest BCUT2D eigenvalue weighted by Crippen LogP contribution is -2.20. The number of halogens is 4. The Morgan fingerprint density at radius 2 is 1.62 bits per heavy atom. The van der Waals surface area contributed by atoms with Crippen LogP contribution in [0.5, 0.6) is 0 Å². The molecule has 1 unspecified atom stereocenters. The molecule has 0 aliphatic rings. The SMILES string of the molecule is O=C(O)C(Nc1ccc(Cl)c(Br)c1)c1ccc(Cl)c(Br)c1. The van der Waals surface area contributed by atoms with E-state index in [-0.39, 0.29) is 0 Å². The van der Waals surface area contributed by atoms with Crippen molar-refractivity contribution in [1.82, 2.24) is 0 Å². The average Bonchev–Trinajstić information content (AvgIpc) is 2.43. The van der Waals surface area contributed by atoms with Gasteiger partial charge in [0.05, 0.1) is 10.0 Å². The summed E-state index contributed by atoms with van der Waals surface area (Å²) in [6.45, 7) is 0. The van der Waals surface area contributed by atoms with E-state index in [0.717, 1.165) is 0 Å². The number of hydrogen-bond acceptors (Lipinski definition) is 2. The van der Waals surface area contributed by atoms with Crippen LogP contribution in [0.25, 0.3) is 0 Å². The lowest BCUT2D eigenvalue weighted by Gasteiger charge is -2.17. The van der Waals surface area contributed by atoms with Gasteiger partial charge in [-0.3, -0.25) is 0 Å². The van der Waals surface area contributed by atoms with Crippen LogP contribution in [0.2, 0.25) is 10.0 Å². The molecular formula is C14H9Br2Cl2NO2. The first-order valence-corrected chi connectivity index (χ1v) is 8.12. The third-order valence-electron chi connectivity index (χ3n) is 2.75. The van der Waals surface area contributed by atoms with Gasteiger partial charge in [0.1, 0.15) is 0 Å². The summed E-state index contributed by atoms with van der Waals surface area (Å²) in [5.74, 6) is -0.990. The Labute approximate surface area is 148 Å². The number of benzene rings is 2. The van der Waals surface area contributed by atoms with E-state index in [1.165, 1.54) is 0 Å². The quantitative estimate of drug-likeness (QED) is 0.619. The number of carboxylic acid groups (broad SMARTS) is 1. The summed E-state index contributed by atoms with van der Waals surface area (Å²) in [6.07, 6.45) is 0. The highest BCUT2D eigenvalue weighted by atomic mass is 79.9. The van der Waals surface area contributed by atoms with Crippen molar-refractivity contribution in [3.8, 4) is 0 Å². The number of aliphatic carboxylic acids is 1. The van der Waals surface area contributed by atoms with Crippen molar-refractivity contribution in [2.24, 2.45) is 0 Å². The van der Waals surface area contributed by atoms with Crippen molar-refractivity contribution in [2.75, 3.05) is 5.32 Å². The van der Waals surface area contributed by atoms with Crippen LogP contribution in [0.15, 0.2) is 45.3 Å². The van der Waals surface area contributed by atoms with Crippen LogP contribution >= 0.6 is 55.1 Å². The normalized spacial score (nSPS) is 12.0. The Morgan fingerprint density at radius 1 is 1.05 bits per heavy atom. The minimum Gasteiger partial charge on any atom is -0.479 e. The minimum atomic E-state index is -0.990. The molecule has 0 bridgehead atoms. The summed E-state index contributed by atoms with van der Waals surface area (Å²) < 4.78 is 1.34. The molecule has 2 aromatic rings. The summed E-state index contributed by atoms with van der Waals surface area (Å²) in [7, 11) is 0. The molecule has 7 heteroatoms. The molecule has 2 rings (SSSR count). The number of rotatable bonds is 4. The van der Waals surface area contributed by atoms with Gasteiger partial charge in [0.25, 0.3) is 0 Å². The summed E-state index contributed by atoms with van der Waals surface area (Å²) in [6, 6.07) is 9.23. The van der Waals surface area contributed by atoms with Crippen LogP contribution in [0, 0.1) is 0 Å². The first-order chi connectivity index (χ1) is 9.88. The van der Waals surface area contributed by atoms with Crippen molar-refractivity contribution < 1.29 is 9.90 Å². The van der Waals surface area contributed by atoms with E-state index in [0.29, 0.717) is 30.2 Å². The number of hydrogen-bond donors (Lipinski definition) is 2. The first-order valence-electron chi connectivity index (χ1n) is 5.78. The van der Waals surface area contributed by atoms with Crippen molar-refractivity contribution in [3.63, 3.8) is 0 Å². The molecule has 0 heterocycles. The van der Waals surface area contributed by atoms with E-state index in [1.54, 1.807) is 36.4 Å². The maximum Gasteiger partial charge on any atom is 0.330 e. The number of anilines is 1. The molecular weight excluding hydrogens is 445 g/mol. The van der Waals surface area contributed by atoms with Gasteiger partial charge in [-0.05, 0) is 67.8 Å². The van der Waals surface area contributed by atoms with Crippen LogP contribution in [0.3, 0.4) is 0 Å². The standard InChI is InChI=1S/C14H9Br2Cl2NO2/c15-9-5-7(1-3-11(9)17)13(14(20)21)19-8-2-4-12(18)10(16)6-8/h1-6,13,19H,(H,20,21). The fourth-order valence-electron chi connectivity index (χ4n) is 1.73. The van der Waals surface area contributed by atoms with Gasteiger partial charge >= 0.3 is 5.97 Å². The average molecular weight is 454 g/mol. The van der Waals surface area contributed by atoms with Crippen LogP contribution in [-0.2, 0) is 4.79 Å². The van der Waals surface area contributed by atoms with Gasteiger partial charge in [0, 0.05) is 14.6 Å². The zero-order valence-electron chi connectivity index (χ0n) is 10.4. The van der Waals surface area contributed by atoms with Crippen molar-refractivity contribution in [1.29, 1.82) is 0 Å². The number of nitrogens with one attached hydrogen (secondary N) is 1. The second-order valence-corrected chi connectivity index (χ2v) is 6.74. The van der Waals surface area contributed by atoms with Gasteiger partial charge in [-0.2, -0.15) is 0 Å². The van der Waals surface area contributed by atoms with Gasteiger partial charge in [-0.15, -0.1) is 0 Å². The molecule has 0 saturated heterocycles. The molecule has 21 heavy (non-hydrogen) atoms. The van der Waals surface area contributed by atoms with Crippen LogP contribution in [0.4, 0.5) is 5.69 Å². The highest BCUT2D eigenvalue weighted by Gasteiger charge is 2.20. The highest BCUT2D eigenvalue weighted by Crippen LogP contribution is 2.30. The number of carboxylic acids is 1. The summed E-state index contributed by atoms with van der Waals surface area (Å²) in [5.41, 5.74) is 1.23. The lowest BCUT2D eigenvalue weighted by molar-refractivity contribution is -0.138. The Morgan fingerprint density at radius 3 is 2.14 bits per heavy atom. The van der Waals surface area contributed by atoms with Gasteiger partial charge in [-0.25, -0.2) is 4.79 Å². The molecule has 110 valence electrons. The molecule has 0 saturated carbocycles. The molecule has 0 spiro atoms. The molecule has 0 aliphatic carbocycles. The predicted octanol–water partition coefficient (Wildman–Crippen LogP) is 5.76. The highest BCUT2D eigenvalue weighted by molar-refractivity contribution is 9.10. The lowest BCUT2D eigenvalue weighted by atomic mass is 10.1. The zero-order valence-corrected chi connectivity index (χ0v) is 15.1. The van der Waals surface area contributed by atoms with Gasteiger partial charge in [0.2, 0.25) is 0 Å². The third kappa shape index (κ3) is 4.13. The second-order valence-electron chi connectivity index (χ2n) is 4.22. The summed E-state index contributed by atoms with van der Waals surface area (Å²) >= 11 is 18.4. The van der Waals surface area contributed by atoms with Crippen LogP contribution in [-0.4, -0.2) is 11.1 Å². The maximum atomic E-state index is 11.5. The largest absolute Gasteiger partial charge is 0.479 e. The Hall–Kier alpha value is -0.750. The Balaban J connectivity index is 2.32. The molecule has 0 amide bonds. The summed E-state index contributed by atoms with van der Waals surface area (Å²) in [4.78, 5) is 11.5. The Bertz CT molecular complexity index is 695. The van der Waals surface area contributed by atoms with E-state index < -0.39 is 12.0 Å². The second kappa shape index (κ2) is 7.01. The molecule has 2 aromatic carbocycles. The van der Waals surface area contributed by atoms with Gasteiger partial charge < -0.3 is 10.4 Å². The van der Waals surface area contributed by atoms with E-state index in [2.05, 4.69) is 37.2 Å². The van der Waals surface area contributed by atoms with Crippen LogP contribution in [0.1, 0.15) is 11.6 Å². The van der Waals surface area contributed by atoms with E-state index in [9.17, 15) is 9.90 Å².